The largest absolute Gasteiger partial charge is 0.508 e. The minimum absolute atomic E-state index is 0.0438. The van der Waals surface area contributed by atoms with Crippen molar-refractivity contribution in [3.63, 3.8) is 0 Å². The second-order valence-corrected chi connectivity index (χ2v) is 12.9. The maximum Gasteiger partial charge on any atom is 0.246 e. The van der Waals surface area contributed by atoms with Crippen LogP contribution in [0.3, 0.4) is 0 Å². The van der Waals surface area contributed by atoms with Gasteiger partial charge in [0, 0.05) is 29.8 Å². The van der Waals surface area contributed by atoms with E-state index in [4.69, 9.17) is 4.98 Å². The van der Waals surface area contributed by atoms with Gasteiger partial charge in [0.1, 0.15) is 18.0 Å². The molecule has 0 saturated carbocycles. The molecule has 3 aromatic carbocycles. The van der Waals surface area contributed by atoms with Gasteiger partial charge in [-0.3, -0.25) is 19.4 Å². The molecule has 9 nitrogen and oxygen atoms in total. The fourth-order valence-corrected chi connectivity index (χ4v) is 6.86. The molecule has 48 heavy (non-hydrogen) atoms. The van der Waals surface area contributed by atoms with Crippen molar-refractivity contribution >= 4 is 29.5 Å². The van der Waals surface area contributed by atoms with Crippen molar-refractivity contribution in [1.29, 1.82) is 0 Å². The molecule has 0 spiro atoms. The Hall–Kier alpha value is -4.93. The van der Waals surface area contributed by atoms with E-state index in [1.54, 1.807) is 61.9 Å². The number of hydrazine groups is 1. The molecular formula is C38H39N5O4S. The van der Waals surface area contributed by atoms with Crippen molar-refractivity contribution in [2.24, 2.45) is 0 Å². The number of phenolic OH excluding ortho intramolecular Hbond substituents is 1. The highest BCUT2D eigenvalue weighted by molar-refractivity contribution is 7.98. The first-order valence-electron chi connectivity index (χ1n) is 16.0. The van der Waals surface area contributed by atoms with Crippen LogP contribution in [-0.4, -0.2) is 85.7 Å². The Labute approximate surface area is 285 Å². The van der Waals surface area contributed by atoms with Crippen LogP contribution in [0.15, 0.2) is 115 Å². The number of hydrogen-bond donors (Lipinski definition) is 1. The standard InChI is InChI=1S/C38H39N5O4S/c1-3-22-41-26-37(46)42-34(23-28-12-17-31(44)18-13-28)38(47)40(25-35(42)43(41)36(45)21-14-27-8-5-4-6-9-27)24-30-10-7-11-33(39-30)29-15-19-32(48-2)20-16-29/h3-13,15-20,34-35,44H,1,14,21-26H2,2H3/t34-,35?/m0/s1. The number of hydrogen-bond acceptors (Lipinski definition) is 7. The number of amides is 3. The molecule has 1 aromatic heterocycles. The highest BCUT2D eigenvalue weighted by atomic mass is 32.2. The average molecular weight is 662 g/mol. The summed E-state index contributed by atoms with van der Waals surface area (Å²) in [4.78, 5) is 51.7. The third-order valence-corrected chi connectivity index (χ3v) is 9.55. The number of piperazine rings is 1. The third kappa shape index (κ3) is 7.30. The van der Waals surface area contributed by atoms with Crippen molar-refractivity contribution in [3.05, 3.63) is 127 Å². The predicted octanol–water partition coefficient (Wildman–Crippen LogP) is 5.16. The smallest absolute Gasteiger partial charge is 0.246 e. The van der Waals surface area contributed by atoms with Crippen LogP contribution in [-0.2, 0) is 33.8 Å². The molecule has 3 heterocycles. The Bertz CT molecular complexity index is 1770. The lowest BCUT2D eigenvalue weighted by Gasteiger charge is -2.55. The maximum absolute atomic E-state index is 14.3. The van der Waals surface area contributed by atoms with Crippen molar-refractivity contribution in [2.75, 3.05) is 25.9 Å². The lowest BCUT2D eigenvalue weighted by atomic mass is 9.98. The van der Waals surface area contributed by atoms with Gasteiger partial charge in [-0.1, -0.05) is 66.7 Å². The van der Waals surface area contributed by atoms with Crippen LogP contribution in [0.2, 0.25) is 0 Å². The van der Waals surface area contributed by atoms with E-state index in [1.165, 1.54) is 0 Å². The summed E-state index contributed by atoms with van der Waals surface area (Å²) in [7, 11) is 0. The maximum atomic E-state index is 14.3. The van der Waals surface area contributed by atoms with E-state index in [9.17, 15) is 19.5 Å². The lowest BCUT2D eigenvalue weighted by Crippen LogP contribution is -2.75. The molecule has 0 aliphatic carbocycles. The average Bonchev–Trinajstić information content (AvgIpc) is 3.10. The fourth-order valence-electron chi connectivity index (χ4n) is 6.46. The summed E-state index contributed by atoms with van der Waals surface area (Å²) in [6.07, 6.45) is 4.03. The molecule has 246 valence electrons. The summed E-state index contributed by atoms with van der Waals surface area (Å²) < 4.78 is 0. The van der Waals surface area contributed by atoms with Gasteiger partial charge in [-0.05, 0) is 60.2 Å². The van der Waals surface area contributed by atoms with Crippen LogP contribution in [0.4, 0.5) is 0 Å². The number of aromatic hydroxyl groups is 1. The van der Waals surface area contributed by atoms with Crippen molar-refractivity contribution in [1.82, 2.24) is 24.8 Å². The number of phenols is 1. The van der Waals surface area contributed by atoms with E-state index in [1.807, 2.05) is 66.9 Å². The number of aromatic nitrogens is 1. The van der Waals surface area contributed by atoms with Crippen LogP contribution in [0.25, 0.3) is 11.3 Å². The van der Waals surface area contributed by atoms with E-state index >= 15 is 0 Å². The lowest BCUT2D eigenvalue weighted by molar-refractivity contribution is -0.205. The van der Waals surface area contributed by atoms with Crippen LogP contribution in [0.5, 0.6) is 5.75 Å². The van der Waals surface area contributed by atoms with Gasteiger partial charge in [-0.2, -0.15) is 0 Å². The number of benzene rings is 3. The van der Waals surface area contributed by atoms with E-state index < -0.39 is 12.2 Å². The van der Waals surface area contributed by atoms with Crippen molar-refractivity contribution in [3.8, 4) is 17.0 Å². The van der Waals surface area contributed by atoms with Crippen LogP contribution >= 0.6 is 11.8 Å². The zero-order valence-corrected chi connectivity index (χ0v) is 27.8. The molecule has 2 fully saturated rings. The quantitative estimate of drug-likeness (QED) is 0.175. The molecule has 1 N–H and O–H groups in total. The molecular weight excluding hydrogens is 623 g/mol. The second-order valence-electron chi connectivity index (χ2n) is 12.0. The number of thioether (sulfide) groups is 1. The highest BCUT2D eigenvalue weighted by Crippen LogP contribution is 2.30. The minimum atomic E-state index is -0.849. The molecule has 0 bridgehead atoms. The fraction of sp³-hybridized carbons (Fsp3) is 0.263. The molecule has 3 amide bonds. The number of aryl methyl sites for hydroxylation is 1. The molecule has 2 atom stereocenters. The van der Waals surface area contributed by atoms with Crippen LogP contribution in [0.1, 0.15) is 23.2 Å². The number of nitrogens with zero attached hydrogens (tertiary/aromatic N) is 5. The first kappa shape index (κ1) is 33.0. The number of carbonyl (C=O) groups excluding carboxylic acids is 3. The first-order valence-corrected chi connectivity index (χ1v) is 17.3. The Balaban J connectivity index is 1.33. The number of carbonyl (C=O) groups is 3. The Morgan fingerprint density at radius 2 is 1.71 bits per heavy atom. The van der Waals surface area contributed by atoms with Gasteiger partial charge in [0.05, 0.1) is 31.0 Å². The van der Waals surface area contributed by atoms with Crippen LogP contribution in [0, 0.1) is 0 Å². The molecule has 1 unspecified atom stereocenters. The van der Waals surface area contributed by atoms with E-state index in [0.29, 0.717) is 18.7 Å². The van der Waals surface area contributed by atoms with Gasteiger partial charge in [-0.15, -0.1) is 18.3 Å². The Morgan fingerprint density at radius 1 is 0.958 bits per heavy atom. The first-order chi connectivity index (χ1) is 23.3. The summed E-state index contributed by atoms with van der Waals surface area (Å²) in [5.41, 5.74) is 4.33. The normalized spacial score (nSPS) is 18.1. The molecule has 2 saturated heterocycles. The van der Waals surface area contributed by atoms with Gasteiger partial charge in [0.15, 0.2) is 0 Å². The van der Waals surface area contributed by atoms with Crippen LogP contribution < -0.4 is 0 Å². The van der Waals surface area contributed by atoms with Crippen molar-refractivity contribution in [2.45, 2.75) is 42.9 Å². The zero-order valence-electron chi connectivity index (χ0n) is 26.9. The van der Waals surface area contributed by atoms with Gasteiger partial charge in [-0.25, -0.2) is 10.0 Å². The topological polar surface area (TPSA) is 97.3 Å². The zero-order chi connectivity index (χ0) is 33.6. The molecule has 10 heteroatoms. The molecule has 6 rings (SSSR count). The predicted molar refractivity (Wildman–Crippen MR) is 186 cm³/mol. The number of fused-ring (bicyclic) bond motifs is 1. The summed E-state index contributed by atoms with van der Waals surface area (Å²) in [5.74, 6) is -0.445. The summed E-state index contributed by atoms with van der Waals surface area (Å²) >= 11 is 1.68. The SMILES string of the molecule is C=CCN1CC(=O)N2C(CN(Cc3cccc(-c4ccc(SC)cc4)n3)C(=O)[C@@H]2Cc2ccc(O)cc2)N1C(=O)CCc1ccccc1. The van der Waals surface area contributed by atoms with Crippen molar-refractivity contribution < 1.29 is 19.5 Å². The monoisotopic (exact) mass is 661 g/mol. The summed E-state index contributed by atoms with van der Waals surface area (Å²) in [5, 5.41) is 13.3. The molecule has 0 radical (unpaired) electrons. The van der Waals surface area contributed by atoms with Gasteiger partial charge in [0.25, 0.3) is 0 Å². The third-order valence-electron chi connectivity index (χ3n) is 8.81. The molecule has 2 aliphatic rings. The van der Waals surface area contributed by atoms with E-state index in [2.05, 4.69) is 18.7 Å². The Kier molecular flexibility index (Phi) is 10.2. The minimum Gasteiger partial charge on any atom is -0.508 e. The molecule has 2 aliphatic heterocycles. The Morgan fingerprint density at radius 3 is 2.42 bits per heavy atom. The van der Waals surface area contributed by atoms with Gasteiger partial charge < -0.3 is 14.9 Å². The second kappa shape index (κ2) is 14.9. The van der Waals surface area contributed by atoms with Gasteiger partial charge >= 0.3 is 0 Å². The molecule has 4 aromatic rings. The van der Waals surface area contributed by atoms with E-state index in [0.717, 1.165) is 27.3 Å². The summed E-state index contributed by atoms with van der Waals surface area (Å²) in [6, 6.07) is 29.6. The number of pyridine rings is 1. The van der Waals surface area contributed by atoms with E-state index in [-0.39, 0.29) is 55.9 Å². The van der Waals surface area contributed by atoms with Gasteiger partial charge in [0.2, 0.25) is 17.7 Å². The highest BCUT2D eigenvalue weighted by Gasteiger charge is 2.51. The summed E-state index contributed by atoms with van der Waals surface area (Å²) in [6.45, 7) is 4.49. The number of rotatable bonds is 11.